The average Bonchev–Trinajstić information content (AvgIpc) is 2.96. The van der Waals surface area contributed by atoms with Gasteiger partial charge in [0.2, 0.25) is 0 Å². The summed E-state index contributed by atoms with van der Waals surface area (Å²) in [7, 11) is 1.86. The van der Waals surface area contributed by atoms with Gasteiger partial charge in [-0.15, -0.1) is 0 Å². The van der Waals surface area contributed by atoms with E-state index in [0.29, 0.717) is 0 Å². The van der Waals surface area contributed by atoms with Crippen molar-refractivity contribution >= 4 is 5.97 Å². The minimum Gasteiger partial charge on any atom is -0.481 e. The summed E-state index contributed by atoms with van der Waals surface area (Å²) >= 11 is 0. The Morgan fingerprint density at radius 3 is 2.73 bits per heavy atom. The Morgan fingerprint density at radius 2 is 2.20 bits per heavy atom. The van der Waals surface area contributed by atoms with Gasteiger partial charge in [-0.2, -0.15) is 0 Å². The Kier molecular flexibility index (Phi) is 2.49. The van der Waals surface area contributed by atoms with Gasteiger partial charge in [0.1, 0.15) is 0 Å². The maximum Gasteiger partial charge on any atom is 0.314 e. The fraction of sp³-hybridized carbons (Fsp3) is 0.417. The predicted octanol–water partition coefficient (Wildman–Crippen LogP) is 1.25. The Morgan fingerprint density at radius 1 is 1.53 bits per heavy atom. The molecule has 0 amide bonds. The van der Waals surface area contributed by atoms with Gasteiger partial charge >= 0.3 is 5.97 Å². The van der Waals surface area contributed by atoms with Gasteiger partial charge in [0.05, 0.1) is 5.41 Å². The Hall–Kier alpha value is -1.35. The van der Waals surface area contributed by atoms with Gasteiger partial charge in [0, 0.05) is 0 Å². The third kappa shape index (κ3) is 1.53. The lowest BCUT2D eigenvalue weighted by molar-refractivity contribution is -0.140. The third-order valence-electron chi connectivity index (χ3n) is 3.23. The molecule has 2 atom stereocenters. The van der Waals surface area contributed by atoms with Gasteiger partial charge < -0.3 is 10.4 Å². The summed E-state index contributed by atoms with van der Waals surface area (Å²) in [5.74, 6) is -0.476. The van der Waals surface area contributed by atoms with Crippen LogP contribution < -0.4 is 5.32 Å². The molecule has 3 nitrogen and oxygen atoms in total. The molecule has 3 heteroatoms. The molecule has 1 aliphatic rings. The van der Waals surface area contributed by atoms with E-state index in [1.165, 1.54) is 0 Å². The van der Waals surface area contributed by atoms with Crippen LogP contribution in [0.3, 0.4) is 0 Å². The van der Waals surface area contributed by atoms with Gasteiger partial charge in [-0.3, -0.25) is 4.79 Å². The van der Waals surface area contributed by atoms with Gasteiger partial charge in [-0.25, -0.2) is 0 Å². The molecule has 1 fully saturated rings. The van der Waals surface area contributed by atoms with Crippen LogP contribution in [0.4, 0.5) is 0 Å². The van der Waals surface area contributed by atoms with Crippen LogP contribution in [0.2, 0.25) is 0 Å². The van der Waals surface area contributed by atoms with Crippen LogP contribution in [0.5, 0.6) is 0 Å². The normalized spacial score (nSPS) is 28.7. The summed E-state index contributed by atoms with van der Waals surface area (Å²) in [6, 6.07) is 9.52. The molecular formula is C12H15NO2. The van der Waals surface area contributed by atoms with E-state index in [2.05, 4.69) is 5.32 Å². The first-order valence-electron chi connectivity index (χ1n) is 5.15. The number of carboxylic acids is 1. The smallest absolute Gasteiger partial charge is 0.314 e. The maximum absolute atomic E-state index is 11.3. The first-order valence-corrected chi connectivity index (χ1v) is 5.15. The molecule has 1 saturated carbocycles. The van der Waals surface area contributed by atoms with Crippen molar-refractivity contribution in [3.8, 4) is 0 Å². The topological polar surface area (TPSA) is 49.3 Å². The largest absolute Gasteiger partial charge is 0.481 e. The minimum atomic E-state index is -0.700. The number of nitrogens with one attached hydrogen (secondary N) is 1. The van der Waals surface area contributed by atoms with Crippen molar-refractivity contribution in [3.05, 3.63) is 35.9 Å². The van der Waals surface area contributed by atoms with Crippen LogP contribution in [0.15, 0.2) is 30.3 Å². The summed E-state index contributed by atoms with van der Waals surface area (Å²) in [6.07, 6.45) is 0.743. The van der Waals surface area contributed by atoms with Crippen molar-refractivity contribution in [2.45, 2.75) is 11.8 Å². The van der Waals surface area contributed by atoms with Gasteiger partial charge in [-0.1, -0.05) is 30.3 Å². The lowest BCUT2D eigenvalue weighted by atomic mass is 9.93. The second-order valence-corrected chi connectivity index (χ2v) is 4.10. The van der Waals surface area contributed by atoms with Gasteiger partial charge in [0.25, 0.3) is 0 Å². The number of rotatable bonds is 4. The summed E-state index contributed by atoms with van der Waals surface area (Å²) in [5.41, 5.74) is 0.294. The molecule has 1 aromatic rings. The van der Waals surface area contributed by atoms with Crippen LogP contribution in [0, 0.1) is 5.92 Å². The van der Waals surface area contributed by atoms with Crippen molar-refractivity contribution < 1.29 is 9.90 Å². The molecule has 2 rings (SSSR count). The van der Waals surface area contributed by atoms with Crippen molar-refractivity contribution in [3.63, 3.8) is 0 Å². The molecule has 1 aliphatic carbocycles. The van der Waals surface area contributed by atoms with E-state index in [1.807, 2.05) is 37.4 Å². The van der Waals surface area contributed by atoms with Crippen LogP contribution in [-0.2, 0) is 10.2 Å². The lowest BCUT2D eigenvalue weighted by Crippen LogP contribution is -2.26. The van der Waals surface area contributed by atoms with Crippen molar-refractivity contribution in [2.75, 3.05) is 13.6 Å². The van der Waals surface area contributed by atoms with Gasteiger partial charge in [0.15, 0.2) is 0 Å². The fourth-order valence-corrected chi connectivity index (χ4v) is 2.30. The highest BCUT2D eigenvalue weighted by atomic mass is 16.4. The van der Waals surface area contributed by atoms with Crippen molar-refractivity contribution in [1.29, 1.82) is 0 Å². The van der Waals surface area contributed by atoms with E-state index in [9.17, 15) is 9.90 Å². The average molecular weight is 205 g/mol. The summed E-state index contributed by atoms with van der Waals surface area (Å²) in [4.78, 5) is 11.3. The molecular weight excluding hydrogens is 190 g/mol. The third-order valence-corrected chi connectivity index (χ3v) is 3.23. The molecule has 2 N–H and O–H groups in total. The van der Waals surface area contributed by atoms with Crippen LogP contribution >= 0.6 is 0 Å². The number of carboxylic acid groups (broad SMARTS) is 1. The van der Waals surface area contributed by atoms with Crippen LogP contribution in [0.1, 0.15) is 12.0 Å². The highest BCUT2D eigenvalue weighted by molar-refractivity contribution is 5.85. The standard InChI is InChI=1S/C12H15NO2/c1-13-8-10-7-12(10,11(14)15)9-5-3-2-4-6-9/h2-6,10,13H,7-8H2,1H3,(H,14,15)/t10-,12-/m1/s1. The summed E-state index contributed by atoms with van der Waals surface area (Å²) < 4.78 is 0. The highest BCUT2D eigenvalue weighted by Crippen LogP contribution is 2.54. The zero-order chi connectivity index (χ0) is 10.9. The Labute approximate surface area is 89.1 Å². The van der Waals surface area contributed by atoms with Gasteiger partial charge in [-0.05, 0) is 31.5 Å². The molecule has 1 aromatic carbocycles. The van der Waals surface area contributed by atoms with E-state index in [0.717, 1.165) is 18.5 Å². The van der Waals surface area contributed by atoms with Crippen LogP contribution in [-0.4, -0.2) is 24.7 Å². The highest BCUT2D eigenvalue weighted by Gasteiger charge is 2.60. The van der Waals surface area contributed by atoms with Crippen molar-refractivity contribution in [1.82, 2.24) is 5.32 Å². The minimum absolute atomic E-state index is 0.224. The quantitative estimate of drug-likeness (QED) is 0.777. The fourth-order valence-electron chi connectivity index (χ4n) is 2.30. The molecule has 0 saturated heterocycles. The molecule has 0 heterocycles. The Bertz CT molecular complexity index is 363. The molecule has 0 radical (unpaired) electrons. The monoisotopic (exact) mass is 205 g/mol. The van der Waals surface area contributed by atoms with Crippen molar-refractivity contribution in [2.24, 2.45) is 5.92 Å². The molecule has 0 unspecified atom stereocenters. The number of carbonyl (C=O) groups is 1. The molecule has 0 bridgehead atoms. The predicted molar refractivity (Wildman–Crippen MR) is 57.8 cm³/mol. The lowest BCUT2D eigenvalue weighted by Gasteiger charge is -2.12. The second-order valence-electron chi connectivity index (χ2n) is 4.10. The summed E-state index contributed by atoms with van der Waals surface area (Å²) in [5, 5.41) is 12.4. The number of hydrogen-bond donors (Lipinski definition) is 2. The van der Waals surface area contributed by atoms with E-state index >= 15 is 0 Å². The molecule has 15 heavy (non-hydrogen) atoms. The molecule has 0 aliphatic heterocycles. The van der Waals surface area contributed by atoms with Crippen LogP contribution in [0.25, 0.3) is 0 Å². The first kappa shape index (κ1) is 10.2. The maximum atomic E-state index is 11.3. The zero-order valence-electron chi connectivity index (χ0n) is 8.73. The first-order chi connectivity index (χ1) is 7.21. The zero-order valence-corrected chi connectivity index (χ0v) is 8.73. The second kappa shape index (κ2) is 3.66. The molecule has 0 spiro atoms. The number of hydrogen-bond acceptors (Lipinski definition) is 2. The number of benzene rings is 1. The van der Waals surface area contributed by atoms with E-state index < -0.39 is 11.4 Å². The van der Waals surface area contributed by atoms with E-state index in [1.54, 1.807) is 0 Å². The number of aliphatic carboxylic acids is 1. The van der Waals surface area contributed by atoms with E-state index in [4.69, 9.17) is 0 Å². The SMILES string of the molecule is CNC[C@H]1C[C@@]1(C(=O)O)c1ccccc1. The van der Waals surface area contributed by atoms with E-state index in [-0.39, 0.29) is 5.92 Å². The molecule has 0 aromatic heterocycles. The summed E-state index contributed by atoms with van der Waals surface area (Å²) in [6.45, 7) is 0.765. The molecule has 80 valence electrons. The Balaban J connectivity index is 2.28.